The largest absolute Gasteiger partial charge is 0.302 e. The first-order valence-corrected chi connectivity index (χ1v) is 5.43. The van der Waals surface area contributed by atoms with Crippen LogP contribution in [0.4, 0.5) is 4.39 Å². The Morgan fingerprint density at radius 3 is 3.07 bits per heavy atom. The fraction of sp³-hybridized carbons (Fsp3) is 0.300. The summed E-state index contributed by atoms with van der Waals surface area (Å²) >= 11 is 1.63. The lowest BCUT2D eigenvalue weighted by Gasteiger charge is -2.10. The Morgan fingerprint density at radius 2 is 2.43 bits per heavy atom. The molecule has 0 bridgehead atoms. The van der Waals surface area contributed by atoms with E-state index in [1.54, 1.807) is 17.8 Å². The van der Waals surface area contributed by atoms with Crippen LogP contribution in [0, 0.1) is 5.82 Å². The van der Waals surface area contributed by atoms with Crippen LogP contribution in [-0.2, 0) is 4.79 Å². The quantitative estimate of drug-likeness (QED) is 0.755. The van der Waals surface area contributed by atoms with Gasteiger partial charge in [0.1, 0.15) is 12.1 Å². The molecule has 2 atom stereocenters. The van der Waals surface area contributed by atoms with E-state index in [4.69, 9.17) is 0 Å². The van der Waals surface area contributed by atoms with Gasteiger partial charge in [0.2, 0.25) is 0 Å². The Hall–Kier alpha value is -0.870. The van der Waals surface area contributed by atoms with E-state index in [0.29, 0.717) is 0 Å². The molecule has 2 unspecified atom stereocenters. The summed E-state index contributed by atoms with van der Waals surface area (Å²) in [4.78, 5) is 10.5. The lowest BCUT2D eigenvalue weighted by atomic mass is 10.2. The molecule has 0 aromatic heterocycles. The van der Waals surface area contributed by atoms with Gasteiger partial charge in [0.05, 0.1) is 11.4 Å². The highest BCUT2D eigenvalue weighted by molar-refractivity contribution is 7.99. The Labute approximate surface area is 85.9 Å². The molecule has 1 heterocycles. The summed E-state index contributed by atoms with van der Waals surface area (Å²) in [6, 6.07) is 6.36. The minimum Gasteiger partial charge on any atom is -0.302 e. The number of rotatable bonds is 2. The smallest absolute Gasteiger partial charge is 0.137 e. The number of hydrogen-bond acceptors (Lipinski definition) is 3. The molecule has 0 spiro atoms. The zero-order valence-electron chi connectivity index (χ0n) is 7.44. The Morgan fingerprint density at radius 1 is 1.57 bits per heavy atom. The maximum Gasteiger partial charge on any atom is 0.137 e. The minimum atomic E-state index is -0.237. The van der Waals surface area contributed by atoms with Crippen molar-refractivity contribution < 1.29 is 9.18 Å². The predicted octanol–water partition coefficient (Wildman–Crippen LogP) is 1.73. The molecule has 0 saturated carbocycles. The molecule has 2 rings (SSSR count). The average Bonchev–Trinajstić information content (AvgIpc) is 2.66. The molecule has 14 heavy (non-hydrogen) atoms. The SMILES string of the molecule is O=CC1CSC(c2cccc(F)c2)N1. The van der Waals surface area contributed by atoms with Gasteiger partial charge in [-0.05, 0) is 17.7 Å². The fourth-order valence-corrected chi connectivity index (χ4v) is 2.62. The molecule has 1 aliphatic heterocycles. The van der Waals surface area contributed by atoms with Gasteiger partial charge in [-0.1, -0.05) is 12.1 Å². The maximum absolute atomic E-state index is 12.9. The first-order chi connectivity index (χ1) is 6.79. The van der Waals surface area contributed by atoms with Crippen molar-refractivity contribution in [1.29, 1.82) is 0 Å². The summed E-state index contributed by atoms with van der Waals surface area (Å²) in [5.74, 6) is 0.518. The normalized spacial score (nSPS) is 26.4. The molecular weight excluding hydrogens is 201 g/mol. The molecular formula is C10H10FNOS. The number of hydrogen-bond donors (Lipinski definition) is 1. The third kappa shape index (κ3) is 1.96. The molecule has 0 amide bonds. The van der Waals surface area contributed by atoms with Crippen molar-refractivity contribution in [2.45, 2.75) is 11.4 Å². The van der Waals surface area contributed by atoms with E-state index in [9.17, 15) is 9.18 Å². The first-order valence-electron chi connectivity index (χ1n) is 4.38. The maximum atomic E-state index is 12.9. The fourth-order valence-electron chi connectivity index (χ4n) is 1.43. The van der Waals surface area contributed by atoms with Gasteiger partial charge in [-0.15, -0.1) is 11.8 Å². The van der Waals surface area contributed by atoms with Gasteiger partial charge < -0.3 is 4.79 Å². The van der Waals surface area contributed by atoms with E-state index in [1.165, 1.54) is 12.1 Å². The number of carbonyl (C=O) groups excluding carboxylic acids is 1. The summed E-state index contributed by atoms with van der Waals surface area (Å²) < 4.78 is 12.9. The van der Waals surface area contributed by atoms with Crippen LogP contribution in [0.2, 0.25) is 0 Å². The molecule has 4 heteroatoms. The third-order valence-corrected chi connectivity index (χ3v) is 3.42. The van der Waals surface area contributed by atoms with Crippen molar-refractivity contribution >= 4 is 18.0 Å². The van der Waals surface area contributed by atoms with Gasteiger partial charge in [0, 0.05) is 5.75 Å². The van der Waals surface area contributed by atoms with Crippen LogP contribution >= 0.6 is 11.8 Å². The van der Waals surface area contributed by atoms with Gasteiger partial charge in [-0.2, -0.15) is 0 Å². The van der Waals surface area contributed by atoms with E-state index in [1.807, 2.05) is 6.07 Å². The van der Waals surface area contributed by atoms with Crippen molar-refractivity contribution in [2.24, 2.45) is 0 Å². The standard InChI is InChI=1S/C10H10FNOS/c11-8-3-1-2-7(4-8)10-12-9(5-13)6-14-10/h1-5,9-10,12H,6H2. The highest BCUT2D eigenvalue weighted by Gasteiger charge is 2.24. The first kappa shape index (κ1) is 9.68. The van der Waals surface area contributed by atoms with Crippen LogP contribution in [0.15, 0.2) is 24.3 Å². The van der Waals surface area contributed by atoms with Gasteiger partial charge in [-0.3, -0.25) is 5.32 Å². The van der Waals surface area contributed by atoms with E-state index >= 15 is 0 Å². The summed E-state index contributed by atoms with van der Waals surface area (Å²) in [5, 5.41) is 3.15. The van der Waals surface area contributed by atoms with Gasteiger partial charge in [0.15, 0.2) is 0 Å². The Kier molecular flexibility index (Phi) is 2.84. The zero-order chi connectivity index (χ0) is 9.97. The van der Waals surface area contributed by atoms with Crippen LogP contribution in [0.3, 0.4) is 0 Å². The molecule has 0 radical (unpaired) electrons. The van der Waals surface area contributed by atoms with Crippen molar-refractivity contribution in [3.8, 4) is 0 Å². The van der Waals surface area contributed by atoms with Gasteiger partial charge in [-0.25, -0.2) is 4.39 Å². The lowest BCUT2D eigenvalue weighted by molar-refractivity contribution is -0.109. The predicted molar refractivity (Wildman–Crippen MR) is 54.6 cm³/mol. The summed E-state index contributed by atoms with van der Waals surface area (Å²) in [7, 11) is 0. The molecule has 1 aromatic rings. The number of nitrogens with one attached hydrogen (secondary N) is 1. The highest BCUT2D eigenvalue weighted by Crippen LogP contribution is 2.32. The van der Waals surface area contributed by atoms with E-state index in [-0.39, 0.29) is 17.2 Å². The second-order valence-electron chi connectivity index (χ2n) is 3.18. The number of halogens is 1. The molecule has 1 saturated heterocycles. The number of thioether (sulfide) groups is 1. The molecule has 1 N–H and O–H groups in total. The number of carbonyl (C=O) groups is 1. The van der Waals surface area contributed by atoms with Crippen molar-refractivity contribution in [1.82, 2.24) is 5.32 Å². The van der Waals surface area contributed by atoms with Gasteiger partial charge >= 0.3 is 0 Å². The third-order valence-electron chi connectivity index (χ3n) is 2.12. The summed E-state index contributed by atoms with van der Waals surface area (Å²) in [5.41, 5.74) is 0.888. The van der Waals surface area contributed by atoms with Crippen LogP contribution in [0.25, 0.3) is 0 Å². The Bertz CT molecular complexity index is 345. The van der Waals surface area contributed by atoms with Crippen molar-refractivity contribution in [2.75, 3.05) is 5.75 Å². The lowest BCUT2D eigenvalue weighted by Crippen LogP contribution is -2.26. The molecule has 1 aromatic carbocycles. The van der Waals surface area contributed by atoms with Crippen molar-refractivity contribution in [3.05, 3.63) is 35.6 Å². The van der Waals surface area contributed by atoms with E-state index in [0.717, 1.165) is 17.6 Å². The topological polar surface area (TPSA) is 29.1 Å². The van der Waals surface area contributed by atoms with Crippen LogP contribution in [0.5, 0.6) is 0 Å². The molecule has 1 fully saturated rings. The molecule has 0 aliphatic carbocycles. The number of aldehydes is 1. The van der Waals surface area contributed by atoms with Crippen LogP contribution in [-0.4, -0.2) is 18.1 Å². The summed E-state index contributed by atoms with van der Waals surface area (Å²) in [6.07, 6.45) is 0.895. The van der Waals surface area contributed by atoms with E-state index in [2.05, 4.69) is 5.32 Å². The monoisotopic (exact) mass is 211 g/mol. The molecule has 2 nitrogen and oxygen atoms in total. The van der Waals surface area contributed by atoms with Crippen LogP contribution in [0.1, 0.15) is 10.9 Å². The van der Waals surface area contributed by atoms with Gasteiger partial charge in [0.25, 0.3) is 0 Å². The molecule has 74 valence electrons. The highest BCUT2D eigenvalue weighted by atomic mass is 32.2. The number of benzene rings is 1. The second-order valence-corrected chi connectivity index (χ2v) is 4.32. The minimum absolute atomic E-state index is 0.0425. The zero-order valence-corrected chi connectivity index (χ0v) is 8.26. The van der Waals surface area contributed by atoms with E-state index < -0.39 is 0 Å². The van der Waals surface area contributed by atoms with Crippen molar-refractivity contribution in [3.63, 3.8) is 0 Å². The molecule has 1 aliphatic rings. The van der Waals surface area contributed by atoms with Crippen LogP contribution < -0.4 is 5.32 Å². The average molecular weight is 211 g/mol. The Balaban J connectivity index is 2.13. The summed E-state index contributed by atoms with van der Waals surface area (Å²) in [6.45, 7) is 0. The second kappa shape index (κ2) is 4.11.